The third-order valence-electron chi connectivity index (χ3n) is 3.92. The quantitative estimate of drug-likeness (QED) is 0.806. The SMILES string of the molecule is N#Cc1nc(C2CCCCC2)n2c1NCCC2. The third kappa shape index (κ3) is 1.80. The van der Waals surface area contributed by atoms with Gasteiger partial charge in [0.15, 0.2) is 5.69 Å². The van der Waals surface area contributed by atoms with E-state index in [1.54, 1.807) is 0 Å². The molecule has 0 aromatic carbocycles. The summed E-state index contributed by atoms with van der Waals surface area (Å²) in [6, 6.07) is 2.22. The van der Waals surface area contributed by atoms with Crippen molar-refractivity contribution >= 4 is 5.82 Å². The van der Waals surface area contributed by atoms with Gasteiger partial charge in [0, 0.05) is 19.0 Å². The molecule has 0 atom stereocenters. The first-order chi connectivity index (χ1) is 8.40. The molecule has 1 aliphatic heterocycles. The Bertz CT molecular complexity index is 449. The summed E-state index contributed by atoms with van der Waals surface area (Å²) in [5.74, 6) is 2.69. The molecule has 2 heterocycles. The highest BCUT2D eigenvalue weighted by atomic mass is 15.2. The fourth-order valence-electron chi connectivity index (χ4n) is 3.07. The van der Waals surface area contributed by atoms with Crippen LogP contribution >= 0.6 is 0 Å². The maximum atomic E-state index is 9.14. The van der Waals surface area contributed by atoms with E-state index >= 15 is 0 Å². The van der Waals surface area contributed by atoms with Gasteiger partial charge in [-0.2, -0.15) is 5.26 Å². The number of hydrogen-bond acceptors (Lipinski definition) is 3. The summed E-state index contributed by atoms with van der Waals surface area (Å²) in [7, 11) is 0. The molecule has 0 radical (unpaired) electrons. The van der Waals surface area contributed by atoms with Gasteiger partial charge in [0.2, 0.25) is 0 Å². The number of nitriles is 1. The van der Waals surface area contributed by atoms with Crippen LogP contribution in [0.4, 0.5) is 5.82 Å². The standard InChI is InChI=1S/C13H18N4/c14-9-11-13-15-7-4-8-17(13)12(16-11)10-5-2-1-3-6-10/h10,15H,1-8H2. The van der Waals surface area contributed by atoms with Crippen molar-refractivity contribution in [3.63, 3.8) is 0 Å². The normalized spacial score (nSPS) is 20.4. The van der Waals surface area contributed by atoms with E-state index in [0.29, 0.717) is 11.6 Å². The van der Waals surface area contributed by atoms with Gasteiger partial charge in [-0.3, -0.25) is 0 Å². The molecule has 1 fully saturated rings. The van der Waals surface area contributed by atoms with Crippen LogP contribution in [0.5, 0.6) is 0 Å². The maximum absolute atomic E-state index is 9.14. The highest BCUT2D eigenvalue weighted by Crippen LogP contribution is 2.35. The van der Waals surface area contributed by atoms with Gasteiger partial charge in [0.1, 0.15) is 17.7 Å². The molecule has 1 aromatic heterocycles. The second kappa shape index (κ2) is 4.40. The minimum Gasteiger partial charge on any atom is -0.369 e. The molecule has 1 N–H and O–H groups in total. The molecule has 0 bridgehead atoms. The van der Waals surface area contributed by atoms with Gasteiger partial charge >= 0.3 is 0 Å². The Morgan fingerprint density at radius 3 is 2.82 bits per heavy atom. The lowest BCUT2D eigenvalue weighted by Crippen LogP contribution is -2.20. The summed E-state index contributed by atoms with van der Waals surface area (Å²) in [4.78, 5) is 4.57. The average Bonchev–Trinajstić information content (AvgIpc) is 2.78. The molecule has 1 aromatic rings. The molecule has 0 spiro atoms. The van der Waals surface area contributed by atoms with Crippen LogP contribution in [0.15, 0.2) is 0 Å². The Kier molecular flexibility index (Phi) is 2.76. The first kappa shape index (κ1) is 10.6. The summed E-state index contributed by atoms with van der Waals surface area (Å²) in [6.45, 7) is 1.98. The molecule has 4 nitrogen and oxygen atoms in total. The van der Waals surface area contributed by atoms with Crippen molar-refractivity contribution in [2.75, 3.05) is 11.9 Å². The second-order valence-corrected chi connectivity index (χ2v) is 5.05. The molecule has 17 heavy (non-hydrogen) atoms. The predicted molar refractivity (Wildman–Crippen MR) is 65.9 cm³/mol. The highest BCUT2D eigenvalue weighted by molar-refractivity contribution is 5.51. The Balaban J connectivity index is 1.98. The monoisotopic (exact) mass is 230 g/mol. The smallest absolute Gasteiger partial charge is 0.183 e. The first-order valence-corrected chi connectivity index (χ1v) is 6.64. The number of fused-ring (bicyclic) bond motifs is 1. The lowest BCUT2D eigenvalue weighted by molar-refractivity contribution is 0.412. The van der Waals surface area contributed by atoms with Crippen LogP contribution in [0.2, 0.25) is 0 Å². The third-order valence-corrected chi connectivity index (χ3v) is 3.92. The number of nitrogens with one attached hydrogen (secondary N) is 1. The molecule has 0 unspecified atom stereocenters. The number of aromatic nitrogens is 2. The first-order valence-electron chi connectivity index (χ1n) is 6.64. The molecule has 2 aliphatic rings. The van der Waals surface area contributed by atoms with Crippen molar-refractivity contribution in [3.05, 3.63) is 11.5 Å². The molecule has 90 valence electrons. The predicted octanol–water partition coefficient (Wildman–Crippen LogP) is 2.62. The number of anilines is 1. The van der Waals surface area contributed by atoms with E-state index in [1.807, 2.05) is 0 Å². The van der Waals surface area contributed by atoms with E-state index in [2.05, 4.69) is 20.9 Å². The summed E-state index contributed by atoms with van der Waals surface area (Å²) >= 11 is 0. The van der Waals surface area contributed by atoms with Gasteiger partial charge in [-0.25, -0.2) is 4.98 Å². The second-order valence-electron chi connectivity index (χ2n) is 5.05. The maximum Gasteiger partial charge on any atom is 0.183 e. The lowest BCUT2D eigenvalue weighted by Gasteiger charge is -2.24. The summed E-state index contributed by atoms with van der Waals surface area (Å²) in [5, 5.41) is 12.5. The van der Waals surface area contributed by atoms with E-state index in [4.69, 9.17) is 5.26 Å². The topological polar surface area (TPSA) is 53.6 Å². The van der Waals surface area contributed by atoms with Crippen LogP contribution in [0.1, 0.15) is 56.0 Å². The van der Waals surface area contributed by atoms with E-state index < -0.39 is 0 Å². The van der Waals surface area contributed by atoms with Crippen LogP contribution in [0.25, 0.3) is 0 Å². The number of nitrogens with zero attached hydrogens (tertiary/aromatic N) is 3. The van der Waals surface area contributed by atoms with Crippen LogP contribution < -0.4 is 5.32 Å². The zero-order chi connectivity index (χ0) is 11.7. The zero-order valence-electron chi connectivity index (χ0n) is 10.1. The van der Waals surface area contributed by atoms with E-state index in [-0.39, 0.29) is 0 Å². The molecule has 4 heteroatoms. The summed E-state index contributed by atoms with van der Waals surface area (Å²) < 4.78 is 2.25. The van der Waals surface area contributed by atoms with Gasteiger partial charge < -0.3 is 9.88 Å². The average molecular weight is 230 g/mol. The number of rotatable bonds is 1. The number of hydrogen-bond donors (Lipinski definition) is 1. The van der Waals surface area contributed by atoms with Crippen LogP contribution in [0.3, 0.4) is 0 Å². The molecule has 1 saturated carbocycles. The molecule has 1 aliphatic carbocycles. The van der Waals surface area contributed by atoms with Crippen molar-refractivity contribution in [1.82, 2.24) is 9.55 Å². The van der Waals surface area contributed by atoms with Gasteiger partial charge in [0.25, 0.3) is 0 Å². The number of imidazole rings is 1. The zero-order valence-corrected chi connectivity index (χ0v) is 10.1. The minimum absolute atomic E-state index is 0.574. The fourth-order valence-corrected chi connectivity index (χ4v) is 3.07. The van der Waals surface area contributed by atoms with Crippen molar-refractivity contribution in [1.29, 1.82) is 5.26 Å². The van der Waals surface area contributed by atoms with Gasteiger partial charge in [-0.05, 0) is 19.3 Å². The largest absolute Gasteiger partial charge is 0.369 e. The van der Waals surface area contributed by atoms with Crippen LogP contribution in [-0.2, 0) is 6.54 Å². The van der Waals surface area contributed by atoms with E-state index in [0.717, 1.165) is 31.2 Å². The van der Waals surface area contributed by atoms with Gasteiger partial charge in [0.05, 0.1) is 0 Å². The van der Waals surface area contributed by atoms with Crippen LogP contribution in [-0.4, -0.2) is 16.1 Å². The van der Waals surface area contributed by atoms with Crippen molar-refractivity contribution < 1.29 is 0 Å². The molecule has 0 amide bonds. The Morgan fingerprint density at radius 1 is 1.24 bits per heavy atom. The van der Waals surface area contributed by atoms with Crippen LogP contribution in [0, 0.1) is 11.3 Å². The molecule has 3 rings (SSSR count). The fraction of sp³-hybridized carbons (Fsp3) is 0.692. The van der Waals surface area contributed by atoms with Crippen molar-refractivity contribution in [3.8, 4) is 6.07 Å². The van der Waals surface area contributed by atoms with E-state index in [9.17, 15) is 0 Å². The molecule has 0 saturated heterocycles. The van der Waals surface area contributed by atoms with Gasteiger partial charge in [-0.15, -0.1) is 0 Å². The highest BCUT2D eigenvalue weighted by Gasteiger charge is 2.26. The van der Waals surface area contributed by atoms with E-state index in [1.165, 1.54) is 32.1 Å². The van der Waals surface area contributed by atoms with Gasteiger partial charge in [-0.1, -0.05) is 19.3 Å². The van der Waals surface area contributed by atoms with Crippen molar-refractivity contribution in [2.24, 2.45) is 0 Å². The van der Waals surface area contributed by atoms with Crippen molar-refractivity contribution in [2.45, 2.75) is 51.0 Å². The Hall–Kier alpha value is -1.50. The summed E-state index contributed by atoms with van der Waals surface area (Å²) in [6.07, 6.45) is 7.58. The Labute approximate surface area is 102 Å². The minimum atomic E-state index is 0.574. The molecular weight excluding hydrogens is 212 g/mol. The lowest BCUT2D eigenvalue weighted by atomic mass is 9.88. The summed E-state index contributed by atoms with van der Waals surface area (Å²) in [5.41, 5.74) is 0.588. The Morgan fingerprint density at radius 2 is 2.06 bits per heavy atom. The molecular formula is C13H18N4.